The van der Waals surface area contributed by atoms with E-state index in [4.69, 9.17) is 4.42 Å². The Morgan fingerprint density at radius 3 is 2.67 bits per heavy atom. The summed E-state index contributed by atoms with van der Waals surface area (Å²) >= 11 is 1.43. The lowest BCUT2D eigenvalue weighted by atomic mass is 10.0. The monoisotopic (exact) mass is 411 g/mol. The summed E-state index contributed by atoms with van der Waals surface area (Å²) in [5.41, 5.74) is 2.21. The molecule has 0 aliphatic rings. The van der Waals surface area contributed by atoms with Crippen molar-refractivity contribution in [2.24, 2.45) is 5.10 Å². The second-order valence-electron chi connectivity index (χ2n) is 6.84. The first kappa shape index (κ1) is 18.3. The van der Waals surface area contributed by atoms with Crippen molar-refractivity contribution >= 4 is 44.4 Å². The molecule has 0 aliphatic carbocycles. The highest BCUT2D eigenvalue weighted by Gasteiger charge is 2.14. The predicted octanol–water partition coefficient (Wildman–Crippen LogP) is 5.54. The van der Waals surface area contributed by atoms with E-state index >= 15 is 0 Å². The molecule has 0 spiro atoms. The molecule has 0 aliphatic heterocycles. The summed E-state index contributed by atoms with van der Waals surface area (Å²) in [7, 11) is 1.83. The van der Waals surface area contributed by atoms with E-state index in [0.717, 1.165) is 21.7 Å². The second-order valence-corrected chi connectivity index (χ2v) is 7.68. The van der Waals surface area contributed by atoms with Crippen LogP contribution in [0.4, 0.5) is 5.13 Å². The highest BCUT2D eigenvalue weighted by atomic mass is 32.1. The Kier molecular flexibility index (Phi) is 4.61. The Hall–Kier alpha value is -3.77. The van der Waals surface area contributed by atoms with Gasteiger partial charge >= 0.3 is 5.63 Å². The van der Waals surface area contributed by atoms with E-state index < -0.39 is 5.63 Å². The van der Waals surface area contributed by atoms with Crippen molar-refractivity contribution < 1.29 is 4.42 Å². The van der Waals surface area contributed by atoms with Gasteiger partial charge in [-0.2, -0.15) is 5.10 Å². The number of thiazole rings is 1. The molecule has 5 aromatic rings. The quantitative estimate of drug-likeness (QED) is 0.169. The minimum Gasteiger partial charge on any atom is -0.422 e. The summed E-state index contributed by atoms with van der Waals surface area (Å²) in [4.78, 5) is 17.2. The summed E-state index contributed by atoms with van der Waals surface area (Å²) < 4.78 is 5.60. The first-order valence-corrected chi connectivity index (χ1v) is 10.3. The zero-order valence-electron chi connectivity index (χ0n) is 16.1. The van der Waals surface area contributed by atoms with Crippen LogP contribution in [0, 0.1) is 0 Å². The molecule has 0 amide bonds. The van der Waals surface area contributed by atoms with Gasteiger partial charge in [0.25, 0.3) is 0 Å². The molecule has 0 saturated heterocycles. The zero-order valence-corrected chi connectivity index (χ0v) is 17.0. The molecular formula is C24H17N3O2S. The number of rotatable bonds is 4. The predicted molar refractivity (Wildman–Crippen MR) is 124 cm³/mol. The molecule has 0 N–H and O–H groups in total. The van der Waals surface area contributed by atoms with Crippen molar-refractivity contribution in [3.63, 3.8) is 0 Å². The van der Waals surface area contributed by atoms with Crippen molar-refractivity contribution in [2.45, 2.75) is 0 Å². The van der Waals surface area contributed by atoms with Crippen molar-refractivity contribution in [1.82, 2.24) is 4.98 Å². The molecule has 146 valence electrons. The largest absolute Gasteiger partial charge is 0.422 e. The molecule has 2 heterocycles. The lowest BCUT2D eigenvalue weighted by molar-refractivity contribution is 0.563. The Morgan fingerprint density at radius 1 is 1.00 bits per heavy atom. The number of aromatic nitrogens is 1. The van der Waals surface area contributed by atoms with Gasteiger partial charge in [-0.05, 0) is 28.5 Å². The van der Waals surface area contributed by atoms with E-state index in [2.05, 4.69) is 10.1 Å². The van der Waals surface area contributed by atoms with Crippen LogP contribution >= 0.6 is 11.3 Å². The van der Waals surface area contributed by atoms with E-state index in [1.54, 1.807) is 11.2 Å². The van der Waals surface area contributed by atoms with Gasteiger partial charge in [0.2, 0.25) is 5.13 Å². The molecule has 6 heteroatoms. The molecule has 5 nitrogen and oxygen atoms in total. The molecule has 0 fully saturated rings. The molecule has 0 radical (unpaired) electrons. The number of hydrogen-bond donors (Lipinski definition) is 0. The maximum Gasteiger partial charge on any atom is 0.345 e. The third-order valence-corrected chi connectivity index (χ3v) is 5.77. The highest BCUT2D eigenvalue weighted by Crippen LogP contribution is 2.30. The number of hydrazone groups is 1. The van der Waals surface area contributed by atoms with Gasteiger partial charge in [-0.15, -0.1) is 11.3 Å². The lowest BCUT2D eigenvalue weighted by Crippen LogP contribution is -2.09. The number of benzene rings is 3. The summed E-state index contributed by atoms with van der Waals surface area (Å²) in [6.45, 7) is 0. The number of anilines is 1. The molecule has 30 heavy (non-hydrogen) atoms. The molecule has 0 saturated carbocycles. The average Bonchev–Trinajstić information content (AvgIpc) is 3.27. The van der Waals surface area contributed by atoms with Gasteiger partial charge in [0.1, 0.15) is 5.58 Å². The number of fused-ring (bicyclic) bond motifs is 3. The molecule has 0 atom stereocenters. The smallest absolute Gasteiger partial charge is 0.345 e. The van der Waals surface area contributed by atoms with Gasteiger partial charge in [-0.3, -0.25) is 0 Å². The third-order valence-electron chi connectivity index (χ3n) is 4.87. The van der Waals surface area contributed by atoms with E-state index in [9.17, 15) is 4.79 Å². The topological polar surface area (TPSA) is 58.7 Å². The number of hydrogen-bond acceptors (Lipinski definition) is 6. The minimum atomic E-state index is -0.398. The van der Waals surface area contributed by atoms with Gasteiger partial charge in [0.15, 0.2) is 0 Å². The highest BCUT2D eigenvalue weighted by molar-refractivity contribution is 7.14. The van der Waals surface area contributed by atoms with Crippen LogP contribution in [0.1, 0.15) is 5.56 Å². The third kappa shape index (κ3) is 3.38. The van der Waals surface area contributed by atoms with Crippen molar-refractivity contribution in [3.05, 3.63) is 94.2 Å². The van der Waals surface area contributed by atoms with E-state index in [1.807, 2.05) is 85.2 Å². The molecular weight excluding hydrogens is 394 g/mol. The normalized spacial score (nSPS) is 11.5. The SMILES string of the molecule is CN(/N=C\c1ccccc1)c1nc(-c2cc3c(ccc4ccccc43)oc2=O)cs1. The summed E-state index contributed by atoms with van der Waals surface area (Å²) in [5, 5.41) is 11.7. The van der Waals surface area contributed by atoms with Crippen LogP contribution in [-0.4, -0.2) is 18.2 Å². The van der Waals surface area contributed by atoms with Crippen LogP contribution in [-0.2, 0) is 0 Å². The zero-order chi connectivity index (χ0) is 20.5. The maximum absolute atomic E-state index is 12.6. The molecule has 0 unspecified atom stereocenters. The fourth-order valence-electron chi connectivity index (χ4n) is 3.33. The van der Waals surface area contributed by atoms with Gasteiger partial charge in [0, 0.05) is 17.8 Å². The van der Waals surface area contributed by atoms with E-state index in [-0.39, 0.29) is 0 Å². The average molecular weight is 411 g/mol. The minimum absolute atomic E-state index is 0.398. The van der Waals surface area contributed by atoms with E-state index in [0.29, 0.717) is 22.0 Å². The van der Waals surface area contributed by atoms with Crippen molar-refractivity contribution in [2.75, 3.05) is 12.1 Å². The Bertz CT molecular complexity index is 1440. The standard InChI is InChI=1S/C24H17N3O2S/c1-27(25-14-16-7-3-2-4-8-16)24-26-21(15-30-24)20-13-19-18-10-6-5-9-17(18)11-12-22(19)29-23(20)28/h2-15H,1H3/b25-14-. The fourth-order valence-corrected chi connectivity index (χ4v) is 4.08. The second kappa shape index (κ2) is 7.57. The molecule has 0 bridgehead atoms. The number of nitrogens with zero attached hydrogens (tertiary/aromatic N) is 3. The van der Waals surface area contributed by atoms with Crippen LogP contribution in [0.3, 0.4) is 0 Å². The Balaban J connectivity index is 1.52. The van der Waals surface area contributed by atoms with Gasteiger partial charge in [-0.1, -0.05) is 60.7 Å². The summed E-state index contributed by atoms with van der Waals surface area (Å²) in [6.07, 6.45) is 1.78. The first-order valence-electron chi connectivity index (χ1n) is 9.43. The van der Waals surface area contributed by atoms with Gasteiger partial charge < -0.3 is 4.42 Å². The van der Waals surface area contributed by atoms with Crippen LogP contribution in [0.2, 0.25) is 0 Å². The summed E-state index contributed by atoms with van der Waals surface area (Å²) in [5.74, 6) is 0. The first-order chi connectivity index (χ1) is 14.7. The van der Waals surface area contributed by atoms with E-state index in [1.165, 1.54) is 11.3 Å². The molecule has 3 aromatic carbocycles. The fraction of sp³-hybridized carbons (Fsp3) is 0.0417. The molecule has 5 rings (SSSR count). The summed E-state index contributed by atoms with van der Waals surface area (Å²) in [6, 6.07) is 23.6. The van der Waals surface area contributed by atoms with Crippen molar-refractivity contribution in [3.8, 4) is 11.3 Å². The molecule has 2 aromatic heterocycles. The van der Waals surface area contributed by atoms with Crippen LogP contribution in [0.15, 0.2) is 92.5 Å². The van der Waals surface area contributed by atoms with Crippen molar-refractivity contribution in [1.29, 1.82) is 0 Å². The Labute approximate surface area is 176 Å². The van der Waals surface area contributed by atoms with Gasteiger partial charge in [0.05, 0.1) is 17.5 Å². The van der Waals surface area contributed by atoms with Crippen LogP contribution in [0.5, 0.6) is 0 Å². The maximum atomic E-state index is 12.6. The Morgan fingerprint density at radius 2 is 1.80 bits per heavy atom. The van der Waals surface area contributed by atoms with Crippen LogP contribution in [0.25, 0.3) is 33.0 Å². The lowest BCUT2D eigenvalue weighted by Gasteiger charge is -2.07. The van der Waals surface area contributed by atoms with Gasteiger partial charge in [-0.25, -0.2) is 14.8 Å². The van der Waals surface area contributed by atoms with Crippen LogP contribution < -0.4 is 10.6 Å².